The number of nitrogens with zero attached hydrogens (tertiary/aromatic N) is 2. The lowest BCUT2D eigenvalue weighted by Gasteiger charge is -2.41. The fourth-order valence-electron chi connectivity index (χ4n) is 4.35. The van der Waals surface area contributed by atoms with Gasteiger partial charge in [-0.15, -0.1) is 0 Å². The molecule has 36 heavy (non-hydrogen) atoms. The molecule has 192 valence electrons. The molecule has 0 bridgehead atoms. The highest BCUT2D eigenvalue weighted by atomic mass is 35.5. The molecular formula is C24H22ClF4N3O4. The van der Waals surface area contributed by atoms with Crippen LogP contribution in [0.3, 0.4) is 0 Å². The highest BCUT2D eigenvalue weighted by Crippen LogP contribution is 2.38. The number of piperidine rings is 1. The van der Waals surface area contributed by atoms with Gasteiger partial charge in [0.15, 0.2) is 6.10 Å². The summed E-state index contributed by atoms with van der Waals surface area (Å²) in [5.74, 6) is -4.62. The van der Waals surface area contributed by atoms with E-state index in [1.54, 1.807) is 18.2 Å². The summed E-state index contributed by atoms with van der Waals surface area (Å²) in [6.07, 6.45) is -4.53. The largest absolute Gasteiger partial charge is 0.491 e. The maximum absolute atomic E-state index is 13.6. The molecule has 2 aromatic carbocycles. The van der Waals surface area contributed by atoms with Gasteiger partial charge in [0.05, 0.1) is 18.3 Å². The second-order valence-corrected chi connectivity index (χ2v) is 9.25. The zero-order valence-corrected chi connectivity index (χ0v) is 19.8. The zero-order chi connectivity index (χ0) is 26.1. The molecule has 1 fully saturated rings. The third kappa shape index (κ3) is 5.53. The average Bonchev–Trinajstić information content (AvgIpc) is 3.29. The van der Waals surface area contributed by atoms with Crippen molar-refractivity contribution in [3.05, 3.63) is 64.6 Å². The van der Waals surface area contributed by atoms with Crippen LogP contribution < -0.4 is 0 Å². The van der Waals surface area contributed by atoms with Crippen molar-refractivity contribution in [2.75, 3.05) is 26.7 Å². The van der Waals surface area contributed by atoms with Crippen molar-refractivity contribution in [3.63, 3.8) is 0 Å². The van der Waals surface area contributed by atoms with Gasteiger partial charge >= 0.3 is 18.1 Å². The van der Waals surface area contributed by atoms with E-state index in [1.807, 2.05) is 7.05 Å². The predicted octanol–water partition coefficient (Wildman–Crippen LogP) is 4.71. The number of esters is 2. The summed E-state index contributed by atoms with van der Waals surface area (Å²) < 4.78 is 62.2. The Balaban J connectivity index is 1.70. The number of benzene rings is 2. The van der Waals surface area contributed by atoms with Crippen molar-refractivity contribution < 1.29 is 36.6 Å². The van der Waals surface area contributed by atoms with Gasteiger partial charge < -0.3 is 14.4 Å². The van der Waals surface area contributed by atoms with Crippen LogP contribution in [-0.4, -0.2) is 60.0 Å². The normalized spacial score (nSPS) is 17.2. The number of nitrogens with one attached hydrogen (secondary N) is 1. The predicted molar refractivity (Wildman–Crippen MR) is 122 cm³/mol. The Hall–Kier alpha value is -3.02. The Morgan fingerprint density at radius 1 is 1.19 bits per heavy atom. The number of carbonyl (C=O) groups is 2. The van der Waals surface area contributed by atoms with Crippen molar-refractivity contribution in [2.45, 2.75) is 30.5 Å². The van der Waals surface area contributed by atoms with Crippen molar-refractivity contribution in [2.24, 2.45) is 0 Å². The lowest BCUT2D eigenvalue weighted by Crippen LogP contribution is -2.44. The molecule has 1 saturated heterocycles. The first-order valence-electron chi connectivity index (χ1n) is 11.0. The number of aromatic nitrogens is 2. The highest BCUT2D eigenvalue weighted by molar-refractivity contribution is 6.31. The van der Waals surface area contributed by atoms with Gasteiger partial charge in [-0.3, -0.25) is 5.10 Å². The van der Waals surface area contributed by atoms with Crippen molar-refractivity contribution in [1.29, 1.82) is 0 Å². The summed E-state index contributed by atoms with van der Waals surface area (Å²) in [5.41, 5.74) is 0.448. The molecule has 0 aliphatic carbocycles. The molecule has 0 spiro atoms. The van der Waals surface area contributed by atoms with Gasteiger partial charge in [0.25, 0.3) is 0 Å². The molecule has 3 aromatic rings. The van der Waals surface area contributed by atoms with E-state index in [4.69, 9.17) is 16.3 Å². The molecule has 1 atom stereocenters. The van der Waals surface area contributed by atoms with Crippen LogP contribution in [0, 0.1) is 5.82 Å². The quantitative estimate of drug-likeness (QED) is 0.284. The van der Waals surface area contributed by atoms with Crippen molar-refractivity contribution in [1.82, 2.24) is 15.1 Å². The number of fused-ring (bicyclic) bond motifs is 1. The van der Waals surface area contributed by atoms with Gasteiger partial charge in [-0.05, 0) is 62.8 Å². The second kappa shape index (κ2) is 10.2. The van der Waals surface area contributed by atoms with E-state index in [0.29, 0.717) is 36.8 Å². The topological polar surface area (TPSA) is 84.5 Å². The summed E-state index contributed by atoms with van der Waals surface area (Å²) >= 11 is 6.17. The van der Waals surface area contributed by atoms with Crippen LogP contribution in [0.4, 0.5) is 17.6 Å². The van der Waals surface area contributed by atoms with E-state index in [9.17, 15) is 27.2 Å². The first kappa shape index (κ1) is 26.1. The molecule has 2 heterocycles. The van der Waals surface area contributed by atoms with Gasteiger partial charge in [-0.25, -0.2) is 14.0 Å². The second-order valence-electron chi connectivity index (χ2n) is 8.82. The molecule has 7 nitrogen and oxygen atoms in total. The van der Waals surface area contributed by atoms with Gasteiger partial charge in [0, 0.05) is 21.4 Å². The molecule has 1 unspecified atom stereocenters. The lowest BCUT2D eigenvalue weighted by atomic mass is 9.73. The molecule has 0 saturated carbocycles. The van der Waals surface area contributed by atoms with E-state index in [0.717, 1.165) is 5.56 Å². The molecule has 1 aromatic heterocycles. The lowest BCUT2D eigenvalue weighted by molar-refractivity contribution is -0.205. The van der Waals surface area contributed by atoms with E-state index in [1.165, 1.54) is 24.4 Å². The number of hydrogen-bond acceptors (Lipinski definition) is 6. The number of alkyl halides is 3. The van der Waals surface area contributed by atoms with E-state index in [2.05, 4.69) is 19.8 Å². The Labute approximate surface area is 208 Å². The Bertz CT molecular complexity index is 1250. The van der Waals surface area contributed by atoms with Crippen LogP contribution in [0.25, 0.3) is 10.9 Å². The van der Waals surface area contributed by atoms with Crippen LogP contribution in [0.1, 0.15) is 30.1 Å². The van der Waals surface area contributed by atoms with Crippen molar-refractivity contribution in [3.8, 4) is 0 Å². The summed E-state index contributed by atoms with van der Waals surface area (Å²) in [4.78, 5) is 26.4. The SMILES string of the molecule is CN1CCC(COC(C(=O)OC(=O)C(F)(F)F)c2cc(Cl)cc3cn[nH]c23)(c2ccc(F)cc2)CC1. The molecule has 4 rings (SSSR count). The zero-order valence-electron chi connectivity index (χ0n) is 19.1. The molecule has 12 heteroatoms. The number of hydrogen-bond donors (Lipinski definition) is 1. The Kier molecular flexibility index (Phi) is 7.35. The number of H-pyrrole nitrogens is 1. The number of likely N-dealkylation sites (tertiary alicyclic amines) is 1. The van der Waals surface area contributed by atoms with Crippen LogP contribution in [0.15, 0.2) is 42.6 Å². The summed E-state index contributed by atoms with van der Waals surface area (Å²) in [7, 11) is 1.94. The fourth-order valence-corrected chi connectivity index (χ4v) is 4.59. The maximum Gasteiger partial charge on any atom is 0.491 e. The first-order valence-corrected chi connectivity index (χ1v) is 11.4. The molecule has 0 amide bonds. The van der Waals surface area contributed by atoms with Crippen LogP contribution >= 0.6 is 11.6 Å². The molecule has 0 radical (unpaired) electrons. The summed E-state index contributed by atoms with van der Waals surface area (Å²) in [5, 5.41) is 7.22. The monoisotopic (exact) mass is 527 g/mol. The van der Waals surface area contributed by atoms with E-state index >= 15 is 0 Å². The smallest absolute Gasteiger partial charge is 0.384 e. The Morgan fingerprint density at radius 3 is 2.50 bits per heavy atom. The summed E-state index contributed by atoms with van der Waals surface area (Å²) in [6, 6.07) is 8.76. The van der Waals surface area contributed by atoms with Gasteiger partial charge in [-0.2, -0.15) is 18.3 Å². The Morgan fingerprint density at radius 2 is 1.86 bits per heavy atom. The number of ether oxygens (including phenoxy) is 2. The standard InChI is InChI=1S/C24H22ClF4N3O4/c1-32-8-6-23(7-9-32,15-2-4-17(26)5-3-15)13-35-20(21(33)36-22(34)24(27,28)29)18-11-16(25)10-14-12-30-31-19(14)18/h2-5,10-12,20H,6-9,13H2,1H3,(H,30,31). The minimum atomic E-state index is -5.37. The first-order chi connectivity index (χ1) is 17.0. The third-order valence-corrected chi connectivity index (χ3v) is 6.61. The number of rotatable bonds is 6. The molecule has 1 N–H and O–H groups in total. The van der Waals surface area contributed by atoms with E-state index in [-0.39, 0.29) is 17.2 Å². The number of carbonyl (C=O) groups excluding carboxylic acids is 2. The highest BCUT2D eigenvalue weighted by Gasteiger charge is 2.45. The maximum atomic E-state index is 13.6. The third-order valence-electron chi connectivity index (χ3n) is 6.39. The molecular weight excluding hydrogens is 506 g/mol. The molecule has 1 aliphatic rings. The van der Waals surface area contributed by atoms with Gasteiger partial charge in [0.1, 0.15) is 5.82 Å². The number of halogens is 5. The van der Waals surface area contributed by atoms with Crippen LogP contribution in [0.2, 0.25) is 5.02 Å². The van der Waals surface area contributed by atoms with Gasteiger partial charge in [-0.1, -0.05) is 23.7 Å². The minimum Gasteiger partial charge on any atom is -0.384 e. The number of aromatic amines is 1. The average molecular weight is 528 g/mol. The fraction of sp³-hybridized carbons (Fsp3) is 0.375. The summed E-state index contributed by atoms with van der Waals surface area (Å²) in [6.45, 7) is 1.23. The van der Waals surface area contributed by atoms with Crippen LogP contribution in [0.5, 0.6) is 0 Å². The van der Waals surface area contributed by atoms with Gasteiger partial charge in [0.2, 0.25) is 0 Å². The van der Waals surface area contributed by atoms with E-state index < -0.39 is 35.5 Å². The molecule has 1 aliphatic heterocycles. The van der Waals surface area contributed by atoms with Crippen molar-refractivity contribution >= 4 is 34.4 Å². The van der Waals surface area contributed by atoms with Crippen LogP contribution in [-0.2, 0) is 24.5 Å². The minimum absolute atomic E-state index is 0.0668.